The van der Waals surface area contributed by atoms with Crippen molar-refractivity contribution in [2.45, 2.75) is 26.3 Å². The molecule has 0 fully saturated rings. The minimum Gasteiger partial charge on any atom is -0.480 e. The summed E-state index contributed by atoms with van der Waals surface area (Å²) < 4.78 is 0. The zero-order valence-corrected chi connectivity index (χ0v) is 10.6. The lowest BCUT2D eigenvalue weighted by Gasteiger charge is -2.25. The molecule has 5 heteroatoms. The van der Waals surface area contributed by atoms with Crippen molar-refractivity contribution < 1.29 is 14.7 Å². The third-order valence-electron chi connectivity index (χ3n) is 2.72. The molecule has 18 heavy (non-hydrogen) atoms. The summed E-state index contributed by atoms with van der Waals surface area (Å²) in [6, 6.07) is 6.47. The van der Waals surface area contributed by atoms with Crippen molar-refractivity contribution in [2.24, 2.45) is 5.73 Å². The highest BCUT2D eigenvalue weighted by molar-refractivity contribution is 6.00. The summed E-state index contributed by atoms with van der Waals surface area (Å²) in [4.78, 5) is 24.2. The van der Waals surface area contributed by atoms with E-state index in [1.165, 1.54) is 4.90 Å². The first kappa shape index (κ1) is 14.2. The predicted octanol–water partition coefficient (Wildman–Crippen LogP) is 1.15. The maximum absolute atomic E-state index is 12.1. The topological polar surface area (TPSA) is 83.6 Å². The van der Waals surface area contributed by atoms with Gasteiger partial charge in [-0.2, -0.15) is 0 Å². The van der Waals surface area contributed by atoms with Gasteiger partial charge in [-0.15, -0.1) is 0 Å². The third-order valence-corrected chi connectivity index (χ3v) is 2.72. The zero-order chi connectivity index (χ0) is 13.7. The number of hydrogen-bond donors (Lipinski definition) is 2. The number of para-hydroxylation sites is 1. The molecule has 1 aromatic carbocycles. The minimum absolute atomic E-state index is 0.366. The van der Waals surface area contributed by atoms with Gasteiger partial charge in [-0.3, -0.25) is 14.5 Å². The van der Waals surface area contributed by atoms with Crippen molar-refractivity contribution in [1.29, 1.82) is 0 Å². The van der Waals surface area contributed by atoms with Crippen LogP contribution in [0.5, 0.6) is 0 Å². The van der Waals surface area contributed by atoms with Crippen molar-refractivity contribution >= 4 is 17.6 Å². The maximum atomic E-state index is 12.1. The van der Waals surface area contributed by atoms with Crippen molar-refractivity contribution in [3.05, 3.63) is 29.8 Å². The number of aliphatic carboxylic acids is 1. The number of carboxylic acids is 1. The van der Waals surface area contributed by atoms with Gasteiger partial charge in [-0.05, 0) is 25.0 Å². The van der Waals surface area contributed by atoms with E-state index in [0.717, 1.165) is 5.56 Å². The van der Waals surface area contributed by atoms with Gasteiger partial charge in [-0.1, -0.05) is 25.1 Å². The summed E-state index contributed by atoms with van der Waals surface area (Å²) in [5.41, 5.74) is 7.13. The average Bonchev–Trinajstić information content (AvgIpc) is 2.35. The Hall–Kier alpha value is -1.88. The molecule has 98 valence electrons. The number of benzene rings is 1. The van der Waals surface area contributed by atoms with Crippen molar-refractivity contribution in [2.75, 3.05) is 11.4 Å². The summed E-state index contributed by atoms with van der Waals surface area (Å²) in [7, 11) is 0. The molecule has 0 heterocycles. The van der Waals surface area contributed by atoms with Gasteiger partial charge in [0.05, 0.1) is 6.04 Å². The maximum Gasteiger partial charge on any atom is 0.323 e. The molecule has 1 amide bonds. The molecule has 0 bridgehead atoms. The Morgan fingerprint density at radius 3 is 2.50 bits per heavy atom. The van der Waals surface area contributed by atoms with Crippen LogP contribution >= 0.6 is 0 Å². The van der Waals surface area contributed by atoms with Gasteiger partial charge in [0.15, 0.2) is 0 Å². The van der Waals surface area contributed by atoms with E-state index in [0.29, 0.717) is 12.1 Å². The van der Waals surface area contributed by atoms with E-state index in [-0.39, 0.29) is 12.5 Å². The molecule has 3 N–H and O–H groups in total. The number of carboxylic acid groups (broad SMARTS) is 1. The second kappa shape index (κ2) is 6.16. The first-order chi connectivity index (χ1) is 8.47. The Balaban J connectivity index is 3.10. The highest BCUT2D eigenvalue weighted by Crippen LogP contribution is 2.20. The van der Waals surface area contributed by atoms with Crippen LogP contribution in [0.2, 0.25) is 0 Å². The highest BCUT2D eigenvalue weighted by atomic mass is 16.4. The number of anilines is 1. The number of nitrogens with two attached hydrogens (primary N) is 1. The Bertz CT molecular complexity index is 446. The monoisotopic (exact) mass is 250 g/mol. The number of carbonyl (C=O) groups is 2. The van der Waals surface area contributed by atoms with Crippen LogP contribution in [-0.2, 0) is 9.59 Å². The normalized spacial score (nSPS) is 11.9. The fourth-order valence-corrected chi connectivity index (χ4v) is 1.66. The Labute approximate surface area is 106 Å². The number of rotatable bonds is 5. The Morgan fingerprint density at radius 2 is 2.00 bits per heavy atom. The van der Waals surface area contributed by atoms with Crippen LogP contribution in [0.15, 0.2) is 24.3 Å². The van der Waals surface area contributed by atoms with Crippen LogP contribution in [0.3, 0.4) is 0 Å². The van der Waals surface area contributed by atoms with Gasteiger partial charge in [0, 0.05) is 5.69 Å². The van der Waals surface area contributed by atoms with E-state index in [9.17, 15) is 9.59 Å². The zero-order valence-electron chi connectivity index (χ0n) is 10.6. The van der Waals surface area contributed by atoms with Crippen molar-refractivity contribution in [3.8, 4) is 0 Å². The van der Waals surface area contributed by atoms with Gasteiger partial charge in [0.2, 0.25) is 5.91 Å². The van der Waals surface area contributed by atoms with Gasteiger partial charge in [-0.25, -0.2) is 0 Å². The number of hydrogen-bond acceptors (Lipinski definition) is 3. The fourth-order valence-electron chi connectivity index (χ4n) is 1.66. The highest BCUT2D eigenvalue weighted by Gasteiger charge is 2.24. The molecule has 1 rings (SSSR count). The summed E-state index contributed by atoms with van der Waals surface area (Å²) in [5, 5.41) is 8.90. The number of carbonyl (C=O) groups excluding carboxylic acids is 1. The molecule has 1 atom stereocenters. The molecule has 0 spiro atoms. The second-order valence-corrected chi connectivity index (χ2v) is 4.12. The standard InChI is InChI=1S/C13H18N2O3/c1-3-10(14)13(18)15(8-12(16)17)11-7-5-4-6-9(11)2/h4-7,10H,3,8,14H2,1-2H3,(H,16,17). The van der Waals surface area contributed by atoms with Crippen LogP contribution in [-0.4, -0.2) is 29.6 Å². The Morgan fingerprint density at radius 1 is 1.39 bits per heavy atom. The summed E-state index contributed by atoms with van der Waals surface area (Å²) in [5.74, 6) is -1.43. The molecule has 1 unspecified atom stereocenters. The first-order valence-corrected chi connectivity index (χ1v) is 5.81. The van der Waals surface area contributed by atoms with Crippen LogP contribution < -0.4 is 10.6 Å². The van der Waals surface area contributed by atoms with Crippen LogP contribution in [0.1, 0.15) is 18.9 Å². The molecular weight excluding hydrogens is 232 g/mol. The van der Waals surface area contributed by atoms with E-state index in [4.69, 9.17) is 10.8 Å². The molecule has 0 aromatic heterocycles. The van der Waals surface area contributed by atoms with Gasteiger partial charge < -0.3 is 10.8 Å². The Kier molecular flexibility index (Phi) is 4.85. The molecule has 1 aromatic rings. The molecule has 0 saturated heterocycles. The largest absolute Gasteiger partial charge is 0.480 e. The van der Waals surface area contributed by atoms with Gasteiger partial charge in [0.25, 0.3) is 0 Å². The number of amides is 1. The number of aryl methyl sites for hydroxylation is 1. The van der Waals surface area contributed by atoms with E-state index in [2.05, 4.69) is 0 Å². The lowest BCUT2D eigenvalue weighted by atomic mass is 10.1. The quantitative estimate of drug-likeness (QED) is 0.821. The van der Waals surface area contributed by atoms with Gasteiger partial charge in [0.1, 0.15) is 6.54 Å². The third kappa shape index (κ3) is 3.30. The van der Waals surface area contributed by atoms with E-state index in [1.807, 2.05) is 19.1 Å². The molecule has 5 nitrogen and oxygen atoms in total. The van der Waals surface area contributed by atoms with Crippen LogP contribution in [0.25, 0.3) is 0 Å². The van der Waals surface area contributed by atoms with Crippen LogP contribution in [0.4, 0.5) is 5.69 Å². The molecule has 0 aliphatic heterocycles. The predicted molar refractivity (Wildman–Crippen MR) is 69.4 cm³/mol. The minimum atomic E-state index is -1.06. The summed E-state index contributed by atoms with van der Waals surface area (Å²) in [6.07, 6.45) is 0.473. The van der Waals surface area contributed by atoms with Crippen molar-refractivity contribution in [1.82, 2.24) is 0 Å². The van der Waals surface area contributed by atoms with E-state index >= 15 is 0 Å². The first-order valence-electron chi connectivity index (χ1n) is 5.81. The fraction of sp³-hybridized carbons (Fsp3) is 0.385. The summed E-state index contributed by atoms with van der Waals surface area (Å²) in [6.45, 7) is 3.24. The molecule has 0 aliphatic rings. The van der Waals surface area contributed by atoms with E-state index < -0.39 is 12.0 Å². The van der Waals surface area contributed by atoms with Crippen molar-refractivity contribution in [3.63, 3.8) is 0 Å². The van der Waals surface area contributed by atoms with Crippen LogP contribution in [0, 0.1) is 6.92 Å². The molecule has 0 aliphatic carbocycles. The number of nitrogens with zero attached hydrogens (tertiary/aromatic N) is 1. The van der Waals surface area contributed by atoms with Gasteiger partial charge >= 0.3 is 5.97 Å². The lowest BCUT2D eigenvalue weighted by molar-refractivity contribution is -0.136. The van der Waals surface area contributed by atoms with E-state index in [1.54, 1.807) is 19.1 Å². The average molecular weight is 250 g/mol. The molecule has 0 saturated carbocycles. The SMILES string of the molecule is CCC(N)C(=O)N(CC(=O)O)c1ccccc1C. The molecule has 0 radical (unpaired) electrons. The lowest BCUT2D eigenvalue weighted by Crippen LogP contribution is -2.46. The smallest absolute Gasteiger partial charge is 0.323 e. The molecular formula is C13H18N2O3. The second-order valence-electron chi connectivity index (χ2n) is 4.12. The summed E-state index contributed by atoms with van der Waals surface area (Å²) >= 11 is 0.